The van der Waals surface area contributed by atoms with E-state index in [2.05, 4.69) is 22.0 Å². The number of aromatic nitrogens is 1. The minimum Gasteiger partial charge on any atom is -0.341 e. The topological polar surface area (TPSA) is 75.2 Å². The Morgan fingerprint density at radius 2 is 1.60 bits per heavy atom. The van der Waals surface area contributed by atoms with Gasteiger partial charge in [0.15, 0.2) is 0 Å². The Kier molecular flexibility index (Phi) is 4.70. The lowest BCUT2D eigenvalue weighted by Crippen LogP contribution is -2.24. The van der Waals surface area contributed by atoms with Crippen molar-refractivity contribution in [2.45, 2.75) is 13.5 Å². The van der Waals surface area contributed by atoms with Crippen molar-refractivity contribution in [1.82, 2.24) is 9.88 Å². The first-order valence-corrected chi connectivity index (χ1v) is 8.00. The molecule has 6 heteroatoms. The molecule has 0 aliphatic heterocycles. The van der Waals surface area contributed by atoms with Crippen molar-refractivity contribution in [3.05, 3.63) is 60.3 Å². The molecular weight excluding hydrogens is 316 g/mol. The van der Waals surface area contributed by atoms with Crippen molar-refractivity contribution >= 4 is 34.2 Å². The van der Waals surface area contributed by atoms with E-state index < -0.39 is 0 Å². The number of nitrogens with one attached hydrogen (secondary N) is 3. The highest BCUT2D eigenvalue weighted by Gasteiger charge is 2.09. The summed E-state index contributed by atoms with van der Waals surface area (Å²) in [5, 5.41) is 9.17. The summed E-state index contributed by atoms with van der Waals surface area (Å²) in [7, 11) is 1.55. The molecule has 128 valence electrons. The third kappa shape index (κ3) is 3.80. The standard InChI is InChI=1S/C19H20N4O2/c1-13-11-23(17-6-4-3-5-16(13)17)12-18(24)21-14-7-9-15(10-8-14)22-19(25)20-2/h3-11H,12H2,1-2H3,(H,21,24)(H2,20,22,25). The molecule has 0 unspecified atom stereocenters. The molecule has 3 amide bonds. The second-order valence-corrected chi connectivity index (χ2v) is 5.79. The molecule has 0 saturated heterocycles. The number of hydrogen-bond donors (Lipinski definition) is 3. The van der Waals surface area contributed by atoms with E-state index in [4.69, 9.17) is 0 Å². The van der Waals surface area contributed by atoms with Crippen LogP contribution in [0.1, 0.15) is 5.56 Å². The van der Waals surface area contributed by atoms with Crippen LogP contribution in [0.25, 0.3) is 10.9 Å². The number of rotatable bonds is 4. The number of amides is 3. The molecule has 1 aromatic heterocycles. The molecular formula is C19H20N4O2. The smallest absolute Gasteiger partial charge is 0.318 e. The molecule has 0 atom stereocenters. The van der Waals surface area contributed by atoms with E-state index in [1.807, 2.05) is 35.9 Å². The lowest BCUT2D eigenvalue weighted by molar-refractivity contribution is -0.116. The van der Waals surface area contributed by atoms with Crippen molar-refractivity contribution < 1.29 is 9.59 Å². The number of anilines is 2. The van der Waals surface area contributed by atoms with Gasteiger partial charge in [-0.15, -0.1) is 0 Å². The zero-order valence-corrected chi connectivity index (χ0v) is 14.2. The summed E-state index contributed by atoms with van der Waals surface area (Å²) in [6.45, 7) is 2.28. The molecule has 6 nitrogen and oxygen atoms in total. The number of aryl methyl sites for hydroxylation is 1. The average Bonchev–Trinajstić information content (AvgIpc) is 2.92. The number of benzene rings is 2. The fourth-order valence-corrected chi connectivity index (χ4v) is 2.75. The molecule has 3 aromatic rings. The fourth-order valence-electron chi connectivity index (χ4n) is 2.75. The van der Waals surface area contributed by atoms with Gasteiger partial charge in [0.05, 0.1) is 0 Å². The number of carbonyl (C=O) groups excluding carboxylic acids is 2. The first kappa shape index (κ1) is 16.6. The van der Waals surface area contributed by atoms with Crippen molar-refractivity contribution in [3.8, 4) is 0 Å². The van der Waals surface area contributed by atoms with E-state index in [-0.39, 0.29) is 18.5 Å². The predicted octanol–water partition coefficient (Wildman–Crippen LogP) is 3.34. The second-order valence-electron chi connectivity index (χ2n) is 5.79. The Morgan fingerprint density at radius 1 is 0.960 bits per heavy atom. The van der Waals surface area contributed by atoms with Crippen molar-refractivity contribution in [2.24, 2.45) is 0 Å². The number of urea groups is 1. The predicted molar refractivity (Wildman–Crippen MR) is 99.8 cm³/mol. The third-order valence-corrected chi connectivity index (χ3v) is 3.96. The zero-order chi connectivity index (χ0) is 17.8. The van der Waals surface area contributed by atoms with Gasteiger partial charge in [0, 0.05) is 35.5 Å². The summed E-state index contributed by atoms with van der Waals surface area (Å²) < 4.78 is 1.95. The quantitative estimate of drug-likeness (QED) is 0.683. The van der Waals surface area contributed by atoms with Gasteiger partial charge >= 0.3 is 6.03 Å². The van der Waals surface area contributed by atoms with Gasteiger partial charge in [-0.1, -0.05) is 18.2 Å². The number of para-hydroxylation sites is 1. The van der Waals surface area contributed by atoms with Crippen LogP contribution in [0.15, 0.2) is 54.7 Å². The maximum atomic E-state index is 12.3. The summed E-state index contributed by atoms with van der Waals surface area (Å²) >= 11 is 0. The SMILES string of the molecule is CNC(=O)Nc1ccc(NC(=O)Cn2cc(C)c3ccccc32)cc1. The molecule has 0 aliphatic carbocycles. The maximum Gasteiger partial charge on any atom is 0.318 e. The lowest BCUT2D eigenvalue weighted by Gasteiger charge is -2.09. The largest absolute Gasteiger partial charge is 0.341 e. The molecule has 0 fully saturated rings. The van der Waals surface area contributed by atoms with Crippen LogP contribution in [-0.4, -0.2) is 23.6 Å². The molecule has 0 radical (unpaired) electrons. The van der Waals surface area contributed by atoms with Crippen LogP contribution in [0.2, 0.25) is 0 Å². The minimum absolute atomic E-state index is 0.104. The molecule has 2 aromatic carbocycles. The van der Waals surface area contributed by atoms with Crippen LogP contribution < -0.4 is 16.0 Å². The average molecular weight is 336 g/mol. The molecule has 3 N–H and O–H groups in total. The number of carbonyl (C=O) groups is 2. The van der Waals surface area contributed by atoms with E-state index in [0.29, 0.717) is 11.4 Å². The maximum absolute atomic E-state index is 12.3. The molecule has 0 spiro atoms. The van der Waals surface area contributed by atoms with Crippen LogP contribution in [0.3, 0.4) is 0 Å². The molecule has 0 aliphatic rings. The number of hydrogen-bond acceptors (Lipinski definition) is 2. The molecule has 0 saturated carbocycles. The van der Waals surface area contributed by atoms with Gasteiger partial charge in [-0.25, -0.2) is 4.79 Å². The number of fused-ring (bicyclic) bond motifs is 1. The lowest BCUT2D eigenvalue weighted by atomic mass is 10.2. The molecule has 25 heavy (non-hydrogen) atoms. The van der Waals surface area contributed by atoms with Crippen LogP contribution in [0, 0.1) is 6.92 Å². The summed E-state index contributed by atoms with van der Waals surface area (Å²) in [4.78, 5) is 23.6. The third-order valence-electron chi connectivity index (χ3n) is 3.96. The Morgan fingerprint density at radius 3 is 2.28 bits per heavy atom. The highest BCUT2D eigenvalue weighted by Crippen LogP contribution is 2.20. The summed E-state index contributed by atoms with van der Waals surface area (Å²) in [5.41, 5.74) is 3.53. The van der Waals surface area contributed by atoms with Crippen molar-refractivity contribution in [3.63, 3.8) is 0 Å². The Labute approximate surface area is 145 Å². The van der Waals surface area contributed by atoms with Gasteiger partial charge in [-0.2, -0.15) is 0 Å². The van der Waals surface area contributed by atoms with Gasteiger partial charge in [0.25, 0.3) is 0 Å². The first-order valence-electron chi connectivity index (χ1n) is 8.00. The van der Waals surface area contributed by atoms with Crippen LogP contribution in [-0.2, 0) is 11.3 Å². The van der Waals surface area contributed by atoms with E-state index in [0.717, 1.165) is 16.5 Å². The van der Waals surface area contributed by atoms with Crippen LogP contribution >= 0.6 is 0 Å². The van der Waals surface area contributed by atoms with Gasteiger partial charge in [-0.3, -0.25) is 4.79 Å². The number of nitrogens with zero attached hydrogens (tertiary/aromatic N) is 1. The van der Waals surface area contributed by atoms with Gasteiger partial charge in [0.1, 0.15) is 6.54 Å². The molecule has 1 heterocycles. The van der Waals surface area contributed by atoms with E-state index in [1.54, 1.807) is 31.3 Å². The van der Waals surface area contributed by atoms with Gasteiger partial charge in [-0.05, 0) is 42.8 Å². The van der Waals surface area contributed by atoms with E-state index in [9.17, 15) is 9.59 Å². The van der Waals surface area contributed by atoms with Gasteiger partial charge < -0.3 is 20.5 Å². The minimum atomic E-state index is -0.286. The van der Waals surface area contributed by atoms with Crippen LogP contribution in [0.4, 0.5) is 16.2 Å². The van der Waals surface area contributed by atoms with Crippen LogP contribution in [0.5, 0.6) is 0 Å². The normalized spacial score (nSPS) is 10.5. The van der Waals surface area contributed by atoms with E-state index in [1.165, 1.54) is 0 Å². The van der Waals surface area contributed by atoms with Gasteiger partial charge in [0.2, 0.25) is 5.91 Å². The Balaban J connectivity index is 1.67. The molecule has 3 rings (SSSR count). The zero-order valence-electron chi connectivity index (χ0n) is 14.2. The summed E-state index contributed by atoms with van der Waals surface area (Å²) in [6, 6.07) is 14.7. The Hall–Kier alpha value is -3.28. The Bertz CT molecular complexity index is 913. The second kappa shape index (κ2) is 7.09. The summed E-state index contributed by atoms with van der Waals surface area (Å²) in [5.74, 6) is -0.104. The summed E-state index contributed by atoms with van der Waals surface area (Å²) in [6.07, 6.45) is 1.99. The van der Waals surface area contributed by atoms with Crippen molar-refractivity contribution in [1.29, 1.82) is 0 Å². The highest BCUT2D eigenvalue weighted by molar-refractivity contribution is 5.93. The van der Waals surface area contributed by atoms with Crippen molar-refractivity contribution in [2.75, 3.05) is 17.7 Å². The fraction of sp³-hybridized carbons (Fsp3) is 0.158. The highest BCUT2D eigenvalue weighted by atomic mass is 16.2. The van der Waals surface area contributed by atoms with E-state index >= 15 is 0 Å². The monoisotopic (exact) mass is 336 g/mol. The molecule has 0 bridgehead atoms. The first-order chi connectivity index (χ1) is 12.1.